The fraction of sp³-hybridized carbons (Fsp3) is 0.0725. The minimum absolute atomic E-state index is 0.163. The number of hydrogen-bond acceptors (Lipinski definition) is 4. The van der Waals surface area contributed by atoms with Crippen molar-refractivity contribution in [3.63, 3.8) is 0 Å². The number of anilines is 6. The first kappa shape index (κ1) is 43.7. The Morgan fingerprint density at radius 2 is 0.904 bits per heavy atom. The molecule has 0 fully saturated rings. The number of nitrogens with zero attached hydrogens (tertiary/aromatic N) is 2. The molecule has 0 atom stereocenters. The van der Waals surface area contributed by atoms with Crippen LogP contribution in [0.5, 0.6) is 0 Å². The Labute approximate surface area is 436 Å². The first-order valence-corrected chi connectivity index (χ1v) is 26.9. The van der Waals surface area contributed by atoms with Gasteiger partial charge in [-0.2, -0.15) is 0 Å². The average molecular weight is 971 g/mol. The zero-order valence-electron chi connectivity index (χ0n) is 40.9. The van der Waals surface area contributed by atoms with E-state index in [-0.39, 0.29) is 5.41 Å². The molecule has 0 spiro atoms. The number of fused-ring (bicyclic) bond motifs is 9. The molecule has 0 N–H and O–H groups in total. The highest BCUT2D eigenvalue weighted by molar-refractivity contribution is 8.00. The predicted octanol–water partition coefficient (Wildman–Crippen LogP) is 20.1. The molecule has 0 saturated carbocycles. The summed E-state index contributed by atoms with van der Waals surface area (Å²) < 4.78 is 0. The van der Waals surface area contributed by atoms with Gasteiger partial charge in [-0.15, -0.1) is 0 Å². The molecule has 3 aliphatic rings. The van der Waals surface area contributed by atoms with Crippen LogP contribution in [0.15, 0.2) is 250 Å². The van der Waals surface area contributed by atoms with Crippen molar-refractivity contribution < 1.29 is 0 Å². The molecule has 0 amide bonds. The van der Waals surface area contributed by atoms with Crippen molar-refractivity contribution in [3.05, 3.63) is 258 Å². The molecule has 14 rings (SSSR count). The van der Waals surface area contributed by atoms with Crippen LogP contribution in [-0.2, 0) is 11.8 Å². The van der Waals surface area contributed by atoms with Crippen LogP contribution in [0.4, 0.5) is 34.1 Å². The highest BCUT2D eigenvalue weighted by Crippen LogP contribution is 2.56. The lowest BCUT2D eigenvalue weighted by atomic mass is 9.80. The van der Waals surface area contributed by atoms with Gasteiger partial charge in [0.1, 0.15) is 0 Å². The van der Waals surface area contributed by atoms with E-state index in [0.717, 1.165) is 17.8 Å². The maximum Gasteiger partial charge on any atom is 0.0601 e. The number of benzene rings is 11. The monoisotopic (exact) mass is 970 g/mol. The summed E-state index contributed by atoms with van der Waals surface area (Å²) in [5, 5.41) is 4.90. The Hall–Kier alpha value is -8.02. The summed E-state index contributed by atoms with van der Waals surface area (Å²) in [4.78, 5) is 9.96. The van der Waals surface area contributed by atoms with E-state index < -0.39 is 0 Å². The largest absolute Gasteiger partial charge is 0.308 e. The van der Waals surface area contributed by atoms with Gasteiger partial charge in [-0.25, -0.2) is 0 Å². The summed E-state index contributed by atoms with van der Waals surface area (Å²) in [6.07, 6.45) is 5.19. The maximum absolute atomic E-state index is 2.52. The van der Waals surface area contributed by atoms with Gasteiger partial charge >= 0.3 is 0 Å². The summed E-state index contributed by atoms with van der Waals surface area (Å²) in [7, 11) is 0. The van der Waals surface area contributed by atoms with Crippen LogP contribution in [0.3, 0.4) is 0 Å². The molecule has 2 nitrogen and oxygen atoms in total. The van der Waals surface area contributed by atoms with Gasteiger partial charge < -0.3 is 9.80 Å². The smallest absolute Gasteiger partial charge is 0.0601 e. The maximum atomic E-state index is 2.52. The van der Waals surface area contributed by atoms with Gasteiger partial charge in [0, 0.05) is 36.4 Å². The molecule has 348 valence electrons. The number of para-hydroxylation sites is 4. The average Bonchev–Trinajstić information content (AvgIpc) is 3.66. The van der Waals surface area contributed by atoms with Crippen molar-refractivity contribution in [2.24, 2.45) is 0 Å². The van der Waals surface area contributed by atoms with Crippen LogP contribution < -0.4 is 9.80 Å². The second kappa shape index (κ2) is 17.3. The van der Waals surface area contributed by atoms with Crippen molar-refractivity contribution >= 4 is 85.3 Å². The first-order chi connectivity index (χ1) is 35.9. The summed E-state index contributed by atoms with van der Waals surface area (Å²) in [6.45, 7) is 6.89. The number of rotatable bonds is 7. The van der Waals surface area contributed by atoms with Crippen molar-refractivity contribution in [2.75, 3.05) is 9.80 Å². The molecule has 11 aromatic rings. The fourth-order valence-corrected chi connectivity index (χ4v) is 14.1. The Morgan fingerprint density at radius 1 is 0.411 bits per heavy atom. The molecule has 1 aliphatic carbocycles. The minimum Gasteiger partial charge on any atom is -0.308 e. The second-order valence-electron chi connectivity index (χ2n) is 20.0. The molecule has 4 heteroatoms. The normalized spacial score (nSPS) is 13.9. The molecule has 0 radical (unpaired) electrons. The van der Waals surface area contributed by atoms with Gasteiger partial charge in [0.15, 0.2) is 0 Å². The third-order valence-corrected chi connectivity index (χ3v) is 17.6. The lowest BCUT2D eigenvalue weighted by Gasteiger charge is -2.34. The van der Waals surface area contributed by atoms with Crippen LogP contribution in [-0.4, -0.2) is 0 Å². The van der Waals surface area contributed by atoms with Crippen LogP contribution in [0.25, 0.3) is 61.0 Å². The zero-order chi connectivity index (χ0) is 48.8. The fourth-order valence-electron chi connectivity index (χ4n) is 12.0. The number of hydrogen-bond donors (Lipinski definition) is 0. The molecule has 0 saturated heterocycles. The van der Waals surface area contributed by atoms with Crippen LogP contribution in [0.2, 0.25) is 0 Å². The van der Waals surface area contributed by atoms with E-state index in [2.05, 4.69) is 267 Å². The highest BCUT2D eigenvalue weighted by atomic mass is 32.2. The van der Waals surface area contributed by atoms with Crippen LogP contribution in [0, 0.1) is 0 Å². The minimum atomic E-state index is -0.163. The standard InChI is InChI=1S/C69H50N2S2/c1-4-18-45-20-5-6-21-46(45)39-44-19-17-22-47(40-44)67-53-37-34-50(71-61-27-11-15-31-65(61)73-66-32-16-12-28-62(66)71)43-56(53)68(48-33-36-52-51-23-7-8-24-57(51)69(2,3)58(52)41-48)54-38-35-49(42-55(54)67)70-59-25-9-13-29-63(59)72-64-30-14-10-26-60(64)70/h4-38,40-43H,39H2,1-3H3/b18-4-. The lowest BCUT2D eigenvalue weighted by molar-refractivity contribution is 0.660. The molecule has 2 aliphatic heterocycles. The van der Waals surface area contributed by atoms with Gasteiger partial charge in [0.05, 0.1) is 22.7 Å². The van der Waals surface area contributed by atoms with E-state index >= 15 is 0 Å². The topological polar surface area (TPSA) is 6.48 Å². The van der Waals surface area contributed by atoms with E-state index in [9.17, 15) is 0 Å². The Bertz CT molecular complexity index is 4000. The third-order valence-electron chi connectivity index (χ3n) is 15.3. The molecular weight excluding hydrogens is 921 g/mol. The van der Waals surface area contributed by atoms with Crippen LogP contribution in [0.1, 0.15) is 48.6 Å². The third kappa shape index (κ3) is 7.11. The summed E-state index contributed by atoms with van der Waals surface area (Å²) in [5.74, 6) is 0. The summed E-state index contributed by atoms with van der Waals surface area (Å²) in [5.41, 5.74) is 21.1. The molecule has 11 aromatic carbocycles. The van der Waals surface area contributed by atoms with Gasteiger partial charge in [0.25, 0.3) is 0 Å². The van der Waals surface area contributed by atoms with E-state index in [0.29, 0.717) is 0 Å². The second-order valence-corrected chi connectivity index (χ2v) is 22.1. The quantitative estimate of drug-likeness (QED) is 0.147. The van der Waals surface area contributed by atoms with Crippen molar-refractivity contribution in [1.29, 1.82) is 0 Å². The predicted molar refractivity (Wildman–Crippen MR) is 311 cm³/mol. The Morgan fingerprint density at radius 3 is 1.48 bits per heavy atom. The van der Waals surface area contributed by atoms with E-state index in [4.69, 9.17) is 0 Å². The van der Waals surface area contributed by atoms with Gasteiger partial charge in [-0.3, -0.25) is 0 Å². The molecule has 0 bridgehead atoms. The molecule has 0 unspecified atom stereocenters. The van der Waals surface area contributed by atoms with Gasteiger partial charge in [0.2, 0.25) is 0 Å². The van der Waals surface area contributed by atoms with E-state index in [1.54, 1.807) is 0 Å². The molecule has 73 heavy (non-hydrogen) atoms. The first-order valence-electron chi connectivity index (χ1n) is 25.3. The summed E-state index contributed by atoms with van der Waals surface area (Å²) >= 11 is 3.70. The van der Waals surface area contributed by atoms with Gasteiger partial charge in [-0.05, 0) is 175 Å². The van der Waals surface area contributed by atoms with E-state index in [1.165, 1.54) is 125 Å². The molecular formula is C69H50N2S2. The SMILES string of the molecule is C/C=C\c1ccccc1Cc1cccc(-c2c3ccc(N4c5ccccc5Sc5ccccc54)cc3c(-c3ccc4c(c3)C(C)(C)c3ccccc3-4)c3ccc(N4c5ccccc5Sc5ccccc54)cc23)c1. The lowest BCUT2D eigenvalue weighted by Crippen LogP contribution is -2.15. The van der Waals surface area contributed by atoms with Crippen molar-refractivity contribution in [2.45, 2.75) is 52.2 Å². The highest BCUT2D eigenvalue weighted by Gasteiger charge is 2.36. The van der Waals surface area contributed by atoms with Crippen LogP contribution >= 0.6 is 23.5 Å². The van der Waals surface area contributed by atoms with Gasteiger partial charge in [-0.1, -0.05) is 195 Å². The Balaban J connectivity index is 1.08. The molecule has 0 aromatic heterocycles. The zero-order valence-corrected chi connectivity index (χ0v) is 42.6. The Kier molecular flexibility index (Phi) is 10.4. The number of allylic oxidation sites excluding steroid dienone is 1. The summed E-state index contributed by atoms with van der Waals surface area (Å²) in [6, 6.07) is 84.4. The van der Waals surface area contributed by atoms with E-state index in [1.807, 2.05) is 23.5 Å². The van der Waals surface area contributed by atoms with Crippen molar-refractivity contribution in [1.82, 2.24) is 0 Å². The molecule has 2 heterocycles. The van der Waals surface area contributed by atoms with Crippen molar-refractivity contribution in [3.8, 4) is 33.4 Å².